The quantitative estimate of drug-likeness (QED) is 0.352. The van der Waals surface area contributed by atoms with E-state index >= 15 is 0 Å². The standard InChI is InChI=1S/C25H42O3/c1-24(2,3)17-11-7-6-9-13-20-15-16-22(26)19-21(20)14-10-8-12-18-25(4,5)23(27)28/h15-16,19,26H,6-14,17-18H2,1-5H3,(H,27,28). The van der Waals surface area contributed by atoms with Crippen LogP contribution in [0, 0.1) is 10.8 Å². The molecule has 160 valence electrons. The summed E-state index contributed by atoms with van der Waals surface area (Å²) in [6.45, 7) is 10.5. The summed E-state index contributed by atoms with van der Waals surface area (Å²) in [5.41, 5.74) is 2.42. The fraction of sp³-hybridized carbons (Fsp3) is 0.720. The number of hydrogen-bond acceptors (Lipinski definition) is 2. The predicted molar refractivity (Wildman–Crippen MR) is 118 cm³/mol. The summed E-state index contributed by atoms with van der Waals surface area (Å²) in [4.78, 5) is 11.2. The van der Waals surface area contributed by atoms with Crippen LogP contribution in [0.25, 0.3) is 0 Å². The van der Waals surface area contributed by atoms with E-state index in [1.54, 1.807) is 19.9 Å². The van der Waals surface area contributed by atoms with E-state index in [1.807, 2.05) is 6.07 Å². The van der Waals surface area contributed by atoms with E-state index in [9.17, 15) is 15.0 Å². The van der Waals surface area contributed by atoms with E-state index in [4.69, 9.17) is 0 Å². The smallest absolute Gasteiger partial charge is 0.309 e. The van der Waals surface area contributed by atoms with Crippen molar-refractivity contribution in [2.45, 2.75) is 105 Å². The van der Waals surface area contributed by atoms with Gasteiger partial charge in [0.1, 0.15) is 5.75 Å². The lowest BCUT2D eigenvalue weighted by molar-refractivity contribution is -0.147. The van der Waals surface area contributed by atoms with Gasteiger partial charge in [0.25, 0.3) is 0 Å². The van der Waals surface area contributed by atoms with Crippen LogP contribution in [-0.4, -0.2) is 16.2 Å². The third kappa shape index (κ3) is 10.1. The average Bonchev–Trinajstić information content (AvgIpc) is 2.58. The number of carboxylic acids is 1. The van der Waals surface area contributed by atoms with Crippen molar-refractivity contribution in [1.82, 2.24) is 0 Å². The van der Waals surface area contributed by atoms with Crippen LogP contribution < -0.4 is 0 Å². The van der Waals surface area contributed by atoms with Crippen molar-refractivity contribution in [3.63, 3.8) is 0 Å². The molecule has 0 fully saturated rings. The van der Waals surface area contributed by atoms with E-state index in [2.05, 4.69) is 26.8 Å². The number of unbranched alkanes of at least 4 members (excludes halogenated alkanes) is 5. The maximum Gasteiger partial charge on any atom is 0.309 e. The van der Waals surface area contributed by atoms with Crippen LogP contribution >= 0.6 is 0 Å². The average molecular weight is 391 g/mol. The Labute approximate surface area is 172 Å². The molecular weight excluding hydrogens is 348 g/mol. The Morgan fingerprint density at radius 3 is 1.93 bits per heavy atom. The second-order valence-corrected chi connectivity index (χ2v) is 10.2. The molecule has 0 saturated carbocycles. The van der Waals surface area contributed by atoms with Gasteiger partial charge in [-0.05, 0) is 81.0 Å². The molecule has 3 nitrogen and oxygen atoms in total. The summed E-state index contributed by atoms with van der Waals surface area (Å²) >= 11 is 0. The molecule has 0 aliphatic carbocycles. The number of carboxylic acid groups (broad SMARTS) is 1. The lowest BCUT2D eigenvalue weighted by Gasteiger charge is -2.18. The number of aliphatic carboxylic acids is 1. The van der Waals surface area contributed by atoms with E-state index in [1.165, 1.54) is 43.2 Å². The van der Waals surface area contributed by atoms with Crippen LogP contribution in [0.2, 0.25) is 0 Å². The van der Waals surface area contributed by atoms with Crippen LogP contribution in [0.4, 0.5) is 0 Å². The first-order valence-electron chi connectivity index (χ1n) is 11.1. The molecule has 0 atom stereocenters. The second-order valence-electron chi connectivity index (χ2n) is 10.2. The summed E-state index contributed by atoms with van der Waals surface area (Å²) < 4.78 is 0. The Hall–Kier alpha value is -1.51. The van der Waals surface area contributed by atoms with Crippen LogP contribution in [0.5, 0.6) is 5.75 Å². The summed E-state index contributed by atoms with van der Waals surface area (Å²) in [7, 11) is 0. The minimum absolute atomic E-state index is 0.343. The summed E-state index contributed by atoms with van der Waals surface area (Å²) in [5, 5.41) is 19.1. The number of carbonyl (C=O) groups is 1. The highest BCUT2D eigenvalue weighted by molar-refractivity contribution is 5.73. The zero-order chi connectivity index (χ0) is 21.2. The SMILES string of the molecule is CC(C)(C)CCCCCCc1ccc(O)cc1CCCCCC(C)(C)C(=O)O. The van der Waals surface area contributed by atoms with E-state index in [-0.39, 0.29) is 0 Å². The van der Waals surface area contributed by atoms with Gasteiger partial charge in [0.15, 0.2) is 0 Å². The fourth-order valence-corrected chi connectivity index (χ4v) is 3.58. The van der Waals surface area contributed by atoms with Crippen LogP contribution in [0.1, 0.15) is 104 Å². The van der Waals surface area contributed by atoms with Gasteiger partial charge in [-0.25, -0.2) is 0 Å². The zero-order valence-electron chi connectivity index (χ0n) is 18.8. The van der Waals surface area contributed by atoms with Crippen molar-refractivity contribution in [2.24, 2.45) is 10.8 Å². The van der Waals surface area contributed by atoms with Crippen LogP contribution in [0.15, 0.2) is 18.2 Å². The number of rotatable bonds is 13. The van der Waals surface area contributed by atoms with E-state index in [0.717, 1.165) is 32.1 Å². The third-order valence-electron chi connectivity index (χ3n) is 5.64. The van der Waals surface area contributed by atoms with Gasteiger partial charge in [0, 0.05) is 0 Å². The molecule has 1 rings (SSSR count). The Kier molecular flexibility index (Phi) is 10.1. The fourth-order valence-electron chi connectivity index (χ4n) is 3.58. The van der Waals surface area contributed by atoms with Gasteiger partial charge < -0.3 is 10.2 Å². The van der Waals surface area contributed by atoms with Gasteiger partial charge in [-0.3, -0.25) is 4.79 Å². The van der Waals surface area contributed by atoms with Crippen molar-refractivity contribution in [2.75, 3.05) is 0 Å². The molecule has 1 aromatic carbocycles. The van der Waals surface area contributed by atoms with Gasteiger partial charge in [0.05, 0.1) is 5.41 Å². The van der Waals surface area contributed by atoms with E-state index in [0.29, 0.717) is 17.6 Å². The van der Waals surface area contributed by atoms with Gasteiger partial charge in [-0.15, -0.1) is 0 Å². The molecule has 0 aliphatic heterocycles. The highest BCUT2D eigenvalue weighted by Gasteiger charge is 2.25. The topological polar surface area (TPSA) is 57.5 Å². The third-order valence-corrected chi connectivity index (χ3v) is 5.64. The first kappa shape index (κ1) is 24.5. The number of aryl methyl sites for hydroxylation is 2. The van der Waals surface area contributed by atoms with Crippen molar-refractivity contribution < 1.29 is 15.0 Å². The van der Waals surface area contributed by atoms with E-state index < -0.39 is 11.4 Å². The molecule has 28 heavy (non-hydrogen) atoms. The molecule has 0 unspecified atom stereocenters. The van der Waals surface area contributed by atoms with Crippen molar-refractivity contribution in [1.29, 1.82) is 0 Å². The molecule has 1 aromatic rings. The van der Waals surface area contributed by atoms with Crippen LogP contribution in [0.3, 0.4) is 0 Å². The maximum absolute atomic E-state index is 11.2. The van der Waals surface area contributed by atoms with Gasteiger partial charge in [-0.1, -0.05) is 58.9 Å². The van der Waals surface area contributed by atoms with Gasteiger partial charge in [-0.2, -0.15) is 0 Å². The number of aromatic hydroxyl groups is 1. The zero-order valence-corrected chi connectivity index (χ0v) is 18.8. The summed E-state index contributed by atoms with van der Waals surface area (Å²) in [6, 6.07) is 5.79. The molecule has 0 aliphatic rings. The lowest BCUT2D eigenvalue weighted by atomic mass is 9.86. The predicted octanol–water partition coefficient (Wildman–Crippen LogP) is 7.15. The highest BCUT2D eigenvalue weighted by Crippen LogP contribution is 2.26. The first-order chi connectivity index (χ1) is 13.0. The summed E-state index contributed by atoms with van der Waals surface area (Å²) in [5.74, 6) is -0.374. The largest absolute Gasteiger partial charge is 0.508 e. The van der Waals surface area contributed by atoms with Crippen LogP contribution in [-0.2, 0) is 17.6 Å². The Balaban J connectivity index is 2.37. The minimum atomic E-state index is -0.717. The molecule has 2 N–H and O–H groups in total. The molecule has 0 amide bonds. The molecule has 0 saturated heterocycles. The number of benzene rings is 1. The molecule has 0 bridgehead atoms. The Morgan fingerprint density at radius 1 is 0.786 bits per heavy atom. The number of hydrogen-bond donors (Lipinski definition) is 2. The minimum Gasteiger partial charge on any atom is -0.508 e. The Bertz CT molecular complexity index is 596. The van der Waals surface area contributed by atoms with Crippen molar-refractivity contribution >= 4 is 5.97 Å². The van der Waals surface area contributed by atoms with Crippen molar-refractivity contribution in [3.05, 3.63) is 29.3 Å². The first-order valence-corrected chi connectivity index (χ1v) is 11.1. The molecule has 0 heterocycles. The molecular formula is C25H42O3. The molecule has 0 spiro atoms. The van der Waals surface area contributed by atoms with Gasteiger partial charge >= 0.3 is 5.97 Å². The number of phenolic OH excluding ortho intramolecular Hbond substituents is 1. The second kappa shape index (κ2) is 11.5. The molecule has 0 aromatic heterocycles. The van der Waals surface area contributed by atoms with Gasteiger partial charge in [0.2, 0.25) is 0 Å². The lowest BCUT2D eigenvalue weighted by Crippen LogP contribution is -2.23. The number of phenols is 1. The summed E-state index contributed by atoms with van der Waals surface area (Å²) in [6.07, 6.45) is 12.1. The Morgan fingerprint density at radius 2 is 1.32 bits per heavy atom. The van der Waals surface area contributed by atoms with Crippen molar-refractivity contribution in [3.8, 4) is 5.75 Å². The maximum atomic E-state index is 11.2. The molecule has 3 heteroatoms. The normalized spacial score (nSPS) is 12.3. The molecule has 0 radical (unpaired) electrons. The monoisotopic (exact) mass is 390 g/mol. The highest BCUT2D eigenvalue weighted by atomic mass is 16.4.